The predicted octanol–water partition coefficient (Wildman–Crippen LogP) is 3.34. The van der Waals surface area contributed by atoms with Crippen molar-refractivity contribution in [2.75, 3.05) is 18.8 Å². The average Bonchev–Trinajstić information content (AvgIpc) is 3.21. The summed E-state index contributed by atoms with van der Waals surface area (Å²) in [5.41, 5.74) is 8.42. The van der Waals surface area contributed by atoms with E-state index in [1.807, 2.05) is 15.7 Å². The van der Waals surface area contributed by atoms with Crippen LogP contribution in [-0.4, -0.2) is 38.4 Å². The van der Waals surface area contributed by atoms with Gasteiger partial charge in [0.2, 0.25) is 5.91 Å². The average molecular weight is 381 g/mol. The van der Waals surface area contributed by atoms with Crippen molar-refractivity contribution in [2.24, 2.45) is 0 Å². The Balaban J connectivity index is 1.34. The van der Waals surface area contributed by atoms with E-state index in [2.05, 4.69) is 9.97 Å². The molecule has 1 fully saturated rings. The molecule has 1 aromatic carbocycles. The Labute approximate surface area is 163 Å². The van der Waals surface area contributed by atoms with Crippen LogP contribution in [0.4, 0.5) is 10.1 Å². The van der Waals surface area contributed by atoms with Gasteiger partial charge in [-0.2, -0.15) is 0 Å². The van der Waals surface area contributed by atoms with E-state index in [0.717, 1.165) is 50.1 Å². The van der Waals surface area contributed by atoms with Gasteiger partial charge in [-0.3, -0.25) is 9.78 Å². The van der Waals surface area contributed by atoms with Crippen LogP contribution in [-0.2, 0) is 11.3 Å². The number of hydrogen-bond donors (Lipinski definition) is 1. The summed E-state index contributed by atoms with van der Waals surface area (Å²) in [4.78, 5) is 23.1. The van der Waals surface area contributed by atoms with Gasteiger partial charge < -0.3 is 15.2 Å². The van der Waals surface area contributed by atoms with Crippen LogP contribution < -0.4 is 5.73 Å². The molecule has 0 radical (unpaired) electrons. The molecular weight excluding hydrogens is 357 g/mol. The Hall–Kier alpha value is -2.96. The molecule has 2 N–H and O–H groups in total. The molecule has 6 nitrogen and oxygen atoms in total. The van der Waals surface area contributed by atoms with E-state index in [9.17, 15) is 9.18 Å². The Bertz CT molecular complexity index is 964. The summed E-state index contributed by atoms with van der Waals surface area (Å²) < 4.78 is 15.4. The van der Waals surface area contributed by atoms with Gasteiger partial charge in [0.15, 0.2) is 0 Å². The first-order valence-electron chi connectivity index (χ1n) is 9.69. The Morgan fingerprint density at radius 3 is 2.82 bits per heavy atom. The van der Waals surface area contributed by atoms with Gasteiger partial charge in [-0.15, -0.1) is 0 Å². The van der Waals surface area contributed by atoms with Crippen LogP contribution in [0.5, 0.6) is 0 Å². The minimum atomic E-state index is -0.290. The Kier molecular flexibility index (Phi) is 5.23. The molecule has 1 aliphatic heterocycles. The largest absolute Gasteiger partial charge is 0.397 e. The second kappa shape index (κ2) is 7.96. The molecular formula is C21H24FN5O. The number of piperidine rings is 1. The summed E-state index contributed by atoms with van der Waals surface area (Å²) in [5, 5.41) is 0.715. The molecule has 0 unspecified atom stereocenters. The highest BCUT2D eigenvalue weighted by Crippen LogP contribution is 2.32. The van der Waals surface area contributed by atoms with Gasteiger partial charge in [-0.05, 0) is 43.5 Å². The number of amides is 1. The molecule has 0 aliphatic carbocycles. The SMILES string of the molecule is Nc1cc2cc(F)ccc2nc1C1CCN(C(=O)CCCn2ccnc2)CC1. The number of fused-ring (bicyclic) bond motifs is 1. The fraction of sp³-hybridized carbons (Fsp3) is 0.381. The number of nitrogens with two attached hydrogens (primary N) is 1. The van der Waals surface area contributed by atoms with E-state index in [1.165, 1.54) is 12.1 Å². The highest BCUT2D eigenvalue weighted by Gasteiger charge is 2.26. The van der Waals surface area contributed by atoms with Crippen molar-refractivity contribution in [1.82, 2.24) is 19.4 Å². The molecule has 3 heterocycles. The number of halogens is 1. The van der Waals surface area contributed by atoms with Crippen molar-refractivity contribution in [3.05, 3.63) is 54.5 Å². The second-order valence-corrected chi connectivity index (χ2v) is 7.36. The van der Waals surface area contributed by atoms with E-state index in [1.54, 1.807) is 24.7 Å². The molecule has 0 saturated carbocycles. The van der Waals surface area contributed by atoms with Gasteiger partial charge in [0.1, 0.15) is 5.82 Å². The number of hydrogen-bond acceptors (Lipinski definition) is 4. The lowest BCUT2D eigenvalue weighted by molar-refractivity contribution is -0.132. The number of anilines is 1. The fourth-order valence-electron chi connectivity index (χ4n) is 3.90. The van der Waals surface area contributed by atoms with Crippen molar-refractivity contribution < 1.29 is 9.18 Å². The van der Waals surface area contributed by atoms with Crippen molar-refractivity contribution >= 4 is 22.5 Å². The lowest BCUT2D eigenvalue weighted by atomic mass is 9.91. The van der Waals surface area contributed by atoms with Crippen LogP contribution in [0.2, 0.25) is 0 Å². The quantitative estimate of drug-likeness (QED) is 0.735. The van der Waals surface area contributed by atoms with Crippen LogP contribution in [0.3, 0.4) is 0 Å². The summed E-state index contributed by atoms with van der Waals surface area (Å²) in [5.74, 6) is 0.138. The number of pyridine rings is 1. The number of likely N-dealkylation sites (tertiary alicyclic amines) is 1. The molecule has 0 bridgehead atoms. The third kappa shape index (κ3) is 3.98. The summed E-state index contributed by atoms with van der Waals surface area (Å²) in [6.45, 7) is 2.24. The zero-order valence-electron chi connectivity index (χ0n) is 15.7. The van der Waals surface area contributed by atoms with E-state index in [4.69, 9.17) is 5.73 Å². The molecule has 2 aromatic heterocycles. The van der Waals surface area contributed by atoms with E-state index in [0.29, 0.717) is 17.5 Å². The molecule has 146 valence electrons. The number of imidazole rings is 1. The van der Waals surface area contributed by atoms with Crippen molar-refractivity contribution in [3.8, 4) is 0 Å². The third-order valence-electron chi connectivity index (χ3n) is 5.44. The molecule has 1 saturated heterocycles. The molecule has 0 atom stereocenters. The number of nitrogen functional groups attached to an aromatic ring is 1. The lowest BCUT2D eigenvalue weighted by Gasteiger charge is -2.32. The minimum absolute atomic E-state index is 0.202. The van der Waals surface area contributed by atoms with Crippen LogP contribution in [0.25, 0.3) is 10.9 Å². The van der Waals surface area contributed by atoms with Gasteiger partial charge in [-0.25, -0.2) is 9.37 Å². The molecule has 28 heavy (non-hydrogen) atoms. The van der Waals surface area contributed by atoms with Gasteiger partial charge in [0.25, 0.3) is 0 Å². The maximum Gasteiger partial charge on any atom is 0.222 e. The molecule has 0 spiro atoms. The zero-order chi connectivity index (χ0) is 19.5. The molecule has 4 rings (SSSR count). The fourth-order valence-corrected chi connectivity index (χ4v) is 3.90. The van der Waals surface area contributed by atoms with Gasteiger partial charge >= 0.3 is 0 Å². The van der Waals surface area contributed by atoms with Gasteiger partial charge in [0.05, 0.1) is 23.2 Å². The number of aryl methyl sites for hydroxylation is 1. The van der Waals surface area contributed by atoms with Crippen LogP contribution in [0, 0.1) is 5.82 Å². The maximum absolute atomic E-state index is 13.4. The second-order valence-electron chi connectivity index (χ2n) is 7.36. The molecule has 1 amide bonds. The van der Waals surface area contributed by atoms with Gasteiger partial charge in [0, 0.05) is 49.8 Å². The molecule has 3 aromatic rings. The van der Waals surface area contributed by atoms with Crippen molar-refractivity contribution in [2.45, 2.75) is 38.1 Å². The number of carbonyl (C=O) groups is 1. The van der Waals surface area contributed by atoms with Crippen LogP contribution in [0.15, 0.2) is 43.0 Å². The molecule has 7 heteroatoms. The zero-order valence-corrected chi connectivity index (χ0v) is 15.7. The topological polar surface area (TPSA) is 77.0 Å². The first-order chi connectivity index (χ1) is 13.6. The number of carbonyl (C=O) groups excluding carboxylic acids is 1. The predicted molar refractivity (Wildman–Crippen MR) is 106 cm³/mol. The smallest absolute Gasteiger partial charge is 0.222 e. The first-order valence-corrected chi connectivity index (χ1v) is 9.69. The highest BCUT2D eigenvalue weighted by atomic mass is 19.1. The number of rotatable bonds is 5. The summed E-state index contributed by atoms with van der Waals surface area (Å²) in [7, 11) is 0. The van der Waals surface area contributed by atoms with Crippen LogP contribution in [0.1, 0.15) is 37.3 Å². The Morgan fingerprint density at radius 1 is 1.25 bits per heavy atom. The summed E-state index contributed by atoms with van der Waals surface area (Å²) >= 11 is 0. The van der Waals surface area contributed by atoms with Gasteiger partial charge in [-0.1, -0.05) is 0 Å². The third-order valence-corrected chi connectivity index (χ3v) is 5.44. The monoisotopic (exact) mass is 381 g/mol. The van der Waals surface area contributed by atoms with Crippen molar-refractivity contribution in [3.63, 3.8) is 0 Å². The summed E-state index contributed by atoms with van der Waals surface area (Å²) in [6.07, 6.45) is 8.47. The lowest BCUT2D eigenvalue weighted by Crippen LogP contribution is -2.38. The number of nitrogens with zero attached hydrogens (tertiary/aromatic N) is 4. The molecule has 1 aliphatic rings. The Morgan fingerprint density at radius 2 is 2.07 bits per heavy atom. The standard InChI is InChI=1S/C21H24FN5O/c22-17-3-4-19-16(12-17)13-18(23)21(25-19)15-5-9-27(10-6-15)20(28)2-1-8-26-11-7-24-14-26/h3-4,7,11-15H,1-2,5-6,8-10,23H2. The maximum atomic E-state index is 13.4. The highest BCUT2D eigenvalue weighted by molar-refractivity contribution is 5.82. The van der Waals surface area contributed by atoms with E-state index >= 15 is 0 Å². The van der Waals surface area contributed by atoms with Crippen molar-refractivity contribution in [1.29, 1.82) is 0 Å². The minimum Gasteiger partial charge on any atom is -0.397 e. The normalized spacial score (nSPS) is 15.2. The first kappa shape index (κ1) is 18.4. The van der Waals surface area contributed by atoms with E-state index < -0.39 is 0 Å². The van der Waals surface area contributed by atoms with Crippen LogP contribution >= 0.6 is 0 Å². The summed E-state index contributed by atoms with van der Waals surface area (Å²) in [6, 6.07) is 6.36. The number of benzene rings is 1. The number of aromatic nitrogens is 3. The van der Waals surface area contributed by atoms with E-state index in [-0.39, 0.29) is 17.6 Å².